The van der Waals surface area contributed by atoms with Crippen LogP contribution in [0.2, 0.25) is 5.02 Å². The Balaban J connectivity index is 0.000000454. The smallest absolute Gasteiger partial charge is 0.241 e. The van der Waals surface area contributed by atoms with Crippen molar-refractivity contribution in [3.63, 3.8) is 0 Å². The quantitative estimate of drug-likeness (QED) is 0.464. The van der Waals surface area contributed by atoms with Gasteiger partial charge >= 0.3 is 0 Å². The summed E-state index contributed by atoms with van der Waals surface area (Å²) in [5.41, 5.74) is 3.65. The molecular weight excluding hydrogens is 498 g/mol. The van der Waals surface area contributed by atoms with Crippen molar-refractivity contribution in [2.24, 2.45) is 0 Å². The minimum absolute atomic E-state index is 0.0664. The van der Waals surface area contributed by atoms with Gasteiger partial charge in [-0.1, -0.05) is 43.3 Å². The first-order valence-corrected chi connectivity index (χ1v) is 13.5. The fraction of sp³-hybridized carbons (Fsp3) is 0.269. The second-order valence-electron chi connectivity index (χ2n) is 8.18. The molecule has 10 heteroatoms. The highest BCUT2D eigenvalue weighted by Crippen LogP contribution is 2.22. The zero-order valence-electron chi connectivity index (χ0n) is 20.0. The number of nitrogens with zero attached hydrogens (tertiary/aromatic N) is 5. The van der Waals surface area contributed by atoms with Gasteiger partial charge in [-0.2, -0.15) is 5.26 Å². The normalized spacial score (nSPS) is 14.0. The molecule has 36 heavy (non-hydrogen) atoms. The van der Waals surface area contributed by atoms with Gasteiger partial charge in [0.25, 0.3) is 0 Å². The highest BCUT2D eigenvalue weighted by molar-refractivity contribution is 7.94. The topological polar surface area (TPSA) is 99.3 Å². The van der Waals surface area contributed by atoms with Gasteiger partial charge in [0.05, 0.1) is 36.0 Å². The Labute approximate surface area is 217 Å². The zero-order valence-corrected chi connectivity index (χ0v) is 21.6. The number of halogens is 1. The van der Waals surface area contributed by atoms with Crippen molar-refractivity contribution in [3.05, 3.63) is 94.9 Å². The molecule has 2 heterocycles. The summed E-state index contributed by atoms with van der Waals surface area (Å²) in [6, 6.07) is 17.1. The van der Waals surface area contributed by atoms with E-state index >= 15 is 0 Å². The van der Waals surface area contributed by atoms with Crippen LogP contribution in [0.3, 0.4) is 0 Å². The minimum atomic E-state index is -2.89. The molecule has 1 aliphatic heterocycles. The molecule has 8 nitrogen and oxygen atoms in total. The standard InChI is InChI=1S/C22H20ClN5O.C4H8O2S/c23-19-2-1-3-20(10-19)28-9-8-26(15-22(28)29)14-21-12-25-16-27(21)13-18-6-4-17(11-24)5-7-18;1-3-7(5,6)4-2/h1-7,10,12,16H,8-9,13-15H2;3H,1,4H2,2H3. The van der Waals surface area contributed by atoms with Gasteiger partial charge in [-0.25, -0.2) is 13.4 Å². The first kappa shape index (κ1) is 27.1. The number of hydrogen-bond acceptors (Lipinski definition) is 6. The largest absolute Gasteiger partial charge is 0.329 e. The lowest BCUT2D eigenvalue weighted by atomic mass is 10.1. The second kappa shape index (κ2) is 12.5. The van der Waals surface area contributed by atoms with Crippen molar-refractivity contribution < 1.29 is 13.2 Å². The highest BCUT2D eigenvalue weighted by Gasteiger charge is 2.25. The molecule has 1 aliphatic rings. The third-order valence-electron chi connectivity index (χ3n) is 5.70. The second-order valence-corrected chi connectivity index (χ2v) is 10.8. The molecular formula is C26H28ClN5O3S. The van der Waals surface area contributed by atoms with Gasteiger partial charge in [-0.3, -0.25) is 9.69 Å². The van der Waals surface area contributed by atoms with E-state index in [1.54, 1.807) is 24.2 Å². The van der Waals surface area contributed by atoms with Crippen LogP contribution in [0.1, 0.15) is 23.7 Å². The van der Waals surface area contributed by atoms with Gasteiger partial charge in [0.1, 0.15) is 0 Å². The van der Waals surface area contributed by atoms with Crippen LogP contribution in [0.4, 0.5) is 5.69 Å². The molecule has 0 atom stereocenters. The molecule has 0 aliphatic carbocycles. The average Bonchev–Trinajstić information content (AvgIpc) is 3.31. The lowest BCUT2D eigenvalue weighted by molar-refractivity contribution is -0.121. The highest BCUT2D eigenvalue weighted by atomic mass is 35.5. The molecule has 0 spiro atoms. The number of imidazole rings is 1. The lowest BCUT2D eigenvalue weighted by Gasteiger charge is -2.34. The Morgan fingerprint density at radius 1 is 1.17 bits per heavy atom. The third-order valence-corrected chi connectivity index (χ3v) is 7.24. The van der Waals surface area contributed by atoms with Crippen LogP contribution < -0.4 is 4.90 Å². The summed E-state index contributed by atoms with van der Waals surface area (Å²) >= 11 is 6.06. The number of benzene rings is 2. The molecule has 2 aromatic carbocycles. The minimum Gasteiger partial charge on any atom is -0.329 e. The van der Waals surface area contributed by atoms with E-state index in [0.717, 1.165) is 28.9 Å². The summed E-state index contributed by atoms with van der Waals surface area (Å²) in [6.07, 6.45) is 3.65. The van der Waals surface area contributed by atoms with Gasteiger partial charge in [0.2, 0.25) is 5.91 Å². The number of amides is 1. The first-order chi connectivity index (χ1) is 17.2. The fourth-order valence-electron chi connectivity index (χ4n) is 3.62. The Morgan fingerprint density at radius 2 is 1.92 bits per heavy atom. The van der Waals surface area contributed by atoms with Crippen molar-refractivity contribution >= 4 is 33.0 Å². The van der Waals surface area contributed by atoms with Crippen LogP contribution in [-0.4, -0.2) is 54.2 Å². The molecule has 0 N–H and O–H groups in total. The summed E-state index contributed by atoms with van der Waals surface area (Å²) in [6.45, 7) is 7.79. The summed E-state index contributed by atoms with van der Waals surface area (Å²) in [5.74, 6) is 0.216. The Morgan fingerprint density at radius 3 is 2.50 bits per heavy atom. The number of sulfone groups is 1. The van der Waals surface area contributed by atoms with Crippen LogP contribution >= 0.6 is 11.6 Å². The molecule has 1 aromatic heterocycles. The van der Waals surface area contributed by atoms with E-state index in [-0.39, 0.29) is 11.7 Å². The van der Waals surface area contributed by atoms with E-state index in [4.69, 9.17) is 16.9 Å². The number of carbonyl (C=O) groups excluding carboxylic acids is 1. The van der Waals surface area contributed by atoms with Crippen molar-refractivity contribution in [2.45, 2.75) is 20.0 Å². The van der Waals surface area contributed by atoms with Crippen LogP contribution in [0.25, 0.3) is 0 Å². The molecule has 0 bridgehead atoms. The molecule has 188 valence electrons. The predicted octanol–water partition coefficient (Wildman–Crippen LogP) is 3.87. The first-order valence-electron chi connectivity index (χ1n) is 11.4. The van der Waals surface area contributed by atoms with Gasteiger partial charge < -0.3 is 9.47 Å². The predicted molar refractivity (Wildman–Crippen MR) is 141 cm³/mol. The van der Waals surface area contributed by atoms with E-state index < -0.39 is 9.84 Å². The Kier molecular flexibility index (Phi) is 9.42. The van der Waals surface area contributed by atoms with Crippen molar-refractivity contribution in [1.82, 2.24) is 14.5 Å². The molecule has 1 amide bonds. The lowest BCUT2D eigenvalue weighted by Crippen LogP contribution is -2.50. The zero-order chi connectivity index (χ0) is 26.1. The van der Waals surface area contributed by atoms with Crippen LogP contribution in [0, 0.1) is 11.3 Å². The van der Waals surface area contributed by atoms with Gasteiger partial charge in [0.15, 0.2) is 9.84 Å². The monoisotopic (exact) mass is 525 g/mol. The van der Waals surface area contributed by atoms with Crippen LogP contribution in [0.5, 0.6) is 0 Å². The number of piperazine rings is 1. The summed E-state index contributed by atoms with van der Waals surface area (Å²) in [5, 5.41) is 10.5. The van der Waals surface area contributed by atoms with E-state index in [0.29, 0.717) is 36.8 Å². The maximum absolute atomic E-state index is 12.7. The molecule has 0 radical (unpaired) electrons. The van der Waals surface area contributed by atoms with E-state index in [1.807, 2.05) is 48.7 Å². The molecule has 0 unspecified atom stereocenters. The summed E-state index contributed by atoms with van der Waals surface area (Å²) in [7, 11) is -2.89. The molecule has 3 aromatic rings. The number of hydrogen-bond donors (Lipinski definition) is 0. The van der Waals surface area contributed by atoms with Gasteiger partial charge in [0, 0.05) is 48.5 Å². The van der Waals surface area contributed by atoms with E-state index in [9.17, 15) is 13.2 Å². The summed E-state index contributed by atoms with van der Waals surface area (Å²) < 4.78 is 22.6. The molecule has 1 saturated heterocycles. The third kappa shape index (κ3) is 7.52. The van der Waals surface area contributed by atoms with Gasteiger partial charge in [-0.05, 0) is 35.9 Å². The number of nitriles is 1. The fourth-order valence-corrected chi connectivity index (χ4v) is 4.04. The van der Waals surface area contributed by atoms with Crippen molar-refractivity contribution in [3.8, 4) is 6.07 Å². The molecule has 1 fully saturated rings. The number of aromatic nitrogens is 2. The van der Waals surface area contributed by atoms with Gasteiger partial charge in [-0.15, -0.1) is 0 Å². The van der Waals surface area contributed by atoms with Crippen LogP contribution in [-0.2, 0) is 27.7 Å². The van der Waals surface area contributed by atoms with E-state index in [1.165, 1.54) is 0 Å². The maximum atomic E-state index is 12.7. The number of carbonyl (C=O) groups is 1. The maximum Gasteiger partial charge on any atom is 0.241 e. The Hall–Kier alpha value is -3.45. The number of rotatable bonds is 7. The van der Waals surface area contributed by atoms with Crippen molar-refractivity contribution in [1.29, 1.82) is 5.26 Å². The summed E-state index contributed by atoms with van der Waals surface area (Å²) in [4.78, 5) is 20.9. The number of anilines is 1. The van der Waals surface area contributed by atoms with E-state index in [2.05, 4.69) is 27.1 Å². The van der Waals surface area contributed by atoms with Crippen molar-refractivity contribution in [2.75, 3.05) is 30.3 Å². The SMILES string of the molecule is C=CS(=O)(=O)CC.N#Cc1ccc(Cn2cncc2CN2CCN(c3cccc(Cl)c3)C(=O)C2)cc1. The Bertz CT molecular complexity index is 1350. The van der Waals surface area contributed by atoms with Crippen LogP contribution in [0.15, 0.2) is 73.0 Å². The average molecular weight is 526 g/mol. The molecule has 4 rings (SSSR count). The molecule has 0 saturated carbocycles.